The molecule has 2 atom stereocenters. The molecule has 0 aliphatic rings. The third-order valence-electron chi connectivity index (χ3n) is 1.47. The molecule has 2 unspecified atom stereocenters. The Balaban J connectivity index is 3.65. The van der Waals surface area contributed by atoms with Crippen LogP contribution in [0.3, 0.4) is 0 Å². The zero-order valence-electron chi connectivity index (χ0n) is 7.28. The Morgan fingerprint density at radius 2 is 2.33 bits per heavy atom. The minimum absolute atomic E-state index is 0.318. The molecule has 0 amide bonds. The van der Waals surface area contributed by atoms with Crippen LogP contribution in [0.4, 0.5) is 0 Å². The monoisotopic (exact) mass is 209 g/mol. The lowest BCUT2D eigenvalue weighted by molar-refractivity contribution is -0.138. The molecule has 3 nitrogen and oxygen atoms in total. The van der Waals surface area contributed by atoms with E-state index in [1.807, 2.05) is 0 Å². The van der Waals surface area contributed by atoms with E-state index >= 15 is 0 Å². The van der Waals surface area contributed by atoms with Gasteiger partial charge in [0.25, 0.3) is 0 Å². The number of rotatable bonds is 6. The Kier molecular flexibility index (Phi) is 6.70. The van der Waals surface area contributed by atoms with Crippen molar-refractivity contribution in [3.63, 3.8) is 0 Å². The third kappa shape index (κ3) is 4.90. The summed E-state index contributed by atoms with van der Waals surface area (Å²) in [4.78, 5) is 10.5. The largest absolute Gasteiger partial charge is 0.480 e. The lowest BCUT2D eigenvalue weighted by Gasteiger charge is -2.13. The number of thiol groups is 1. The number of aliphatic carboxylic acids is 1. The van der Waals surface area contributed by atoms with Crippen molar-refractivity contribution >= 4 is 30.5 Å². The second-order valence-electron chi connectivity index (χ2n) is 2.53. The predicted octanol–water partition coefficient (Wildman–Crippen LogP) is 1.41. The highest BCUT2D eigenvalue weighted by molar-refractivity contribution is 7.98. The van der Waals surface area contributed by atoms with Crippen molar-refractivity contribution in [1.29, 1.82) is 0 Å². The summed E-state index contributed by atoms with van der Waals surface area (Å²) < 4.78 is 2.86. The average Bonchev–Trinajstić information content (AvgIpc) is 2.04. The van der Waals surface area contributed by atoms with Crippen LogP contribution in [-0.4, -0.2) is 28.1 Å². The molecule has 0 rings (SSSR count). The van der Waals surface area contributed by atoms with E-state index < -0.39 is 12.0 Å². The zero-order valence-corrected chi connectivity index (χ0v) is 8.99. The quantitative estimate of drug-likeness (QED) is 0.457. The van der Waals surface area contributed by atoms with Crippen molar-refractivity contribution in [3.05, 3.63) is 0 Å². The normalized spacial score (nSPS) is 15.6. The number of hydrogen-bond donors (Lipinski definition) is 3. The summed E-state index contributed by atoms with van der Waals surface area (Å²) in [5.74, 6) is -0.528. The zero-order chi connectivity index (χ0) is 9.56. The minimum atomic E-state index is -0.846. The standard InChI is InChI=1S/C7H15NO2S2/c1-3-5(2)12-8-6(4-11)7(9)10/h5-6,8,11H,3-4H2,1-2H3,(H,9,10). The van der Waals surface area contributed by atoms with Crippen LogP contribution in [-0.2, 0) is 4.79 Å². The lowest BCUT2D eigenvalue weighted by atomic mass is 10.4. The van der Waals surface area contributed by atoms with Gasteiger partial charge >= 0.3 is 5.97 Å². The van der Waals surface area contributed by atoms with Gasteiger partial charge in [-0.15, -0.1) is 0 Å². The van der Waals surface area contributed by atoms with Gasteiger partial charge in [0.15, 0.2) is 0 Å². The molecule has 0 aromatic carbocycles. The molecule has 0 saturated heterocycles. The molecule has 5 heteroatoms. The topological polar surface area (TPSA) is 49.3 Å². The molecule has 0 spiro atoms. The van der Waals surface area contributed by atoms with Crippen LogP contribution in [0.15, 0.2) is 0 Å². The summed E-state index contributed by atoms with van der Waals surface area (Å²) in [5.41, 5.74) is 0. The maximum atomic E-state index is 10.5. The molecular formula is C7H15NO2S2. The molecule has 0 saturated carbocycles. The minimum Gasteiger partial charge on any atom is -0.480 e. The highest BCUT2D eigenvalue weighted by Crippen LogP contribution is 2.10. The van der Waals surface area contributed by atoms with Crippen LogP contribution < -0.4 is 4.72 Å². The summed E-state index contributed by atoms with van der Waals surface area (Å²) in [6.45, 7) is 4.12. The van der Waals surface area contributed by atoms with Gasteiger partial charge in [0.05, 0.1) is 0 Å². The van der Waals surface area contributed by atoms with Crippen LogP contribution in [0.2, 0.25) is 0 Å². The molecule has 0 bridgehead atoms. The Bertz CT molecular complexity index is 143. The maximum Gasteiger partial charge on any atom is 0.322 e. The van der Waals surface area contributed by atoms with E-state index in [0.717, 1.165) is 6.42 Å². The van der Waals surface area contributed by atoms with Crippen molar-refractivity contribution < 1.29 is 9.90 Å². The first-order valence-corrected chi connectivity index (χ1v) is 5.37. The van der Waals surface area contributed by atoms with Gasteiger partial charge in [-0.1, -0.05) is 25.8 Å². The van der Waals surface area contributed by atoms with Gasteiger partial charge in [-0.2, -0.15) is 12.6 Å². The van der Waals surface area contributed by atoms with Crippen molar-refractivity contribution in [3.8, 4) is 0 Å². The summed E-state index contributed by atoms with van der Waals surface area (Å²) in [5, 5.41) is 9.07. The van der Waals surface area contributed by atoms with Crippen molar-refractivity contribution in [2.45, 2.75) is 31.6 Å². The number of hydrogen-bond acceptors (Lipinski definition) is 4. The second kappa shape index (κ2) is 6.62. The first-order chi connectivity index (χ1) is 5.61. The summed E-state index contributed by atoms with van der Waals surface area (Å²) in [6, 6.07) is -0.549. The maximum absolute atomic E-state index is 10.5. The fourth-order valence-corrected chi connectivity index (χ4v) is 1.57. The van der Waals surface area contributed by atoms with E-state index in [4.69, 9.17) is 5.11 Å². The summed E-state index contributed by atoms with van der Waals surface area (Å²) >= 11 is 5.39. The van der Waals surface area contributed by atoms with E-state index in [1.165, 1.54) is 11.9 Å². The Morgan fingerprint density at radius 1 is 1.75 bits per heavy atom. The first kappa shape index (κ1) is 12.1. The number of carboxylic acids is 1. The lowest BCUT2D eigenvalue weighted by Crippen LogP contribution is -2.34. The van der Waals surface area contributed by atoms with Crippen molar-refractivity contribution in [2.24, 2.45) is 0 Å². The Hall–Kier alpha value is 0.130. The molecule has 0 aliphatic heterocycles. The highest BCUT2D eigenvalue weighted by atomic mass is 32.2. The van der Waals surface area contributed by atoms with E-state index in [0.29, 0.717) is 11.0 Å². The molecule has 0 heterocycles. The number of carbonyl (C=O) groups is 1. The van der Waals surface area contributed by atoms with E-state index in [1.54, 1.807) is 0 Å². The second-order valence-corrected chi connectivity index (χ2v) is 4.17. The average molecular weight is 209 g/mol. The fourth-order valence-electron chi connectivity index (χ4n) is 0.447. The molecule has 0 aliphatic carbocycles. The van der Waals surface area contributed by atoms with Crippen LogP contribution in [0.5, 0.6) is 0 Å². The molecule has 12 heavy (non-hydrogen) atoms. The van der Waals surface area contributed by atoms with Gasteiger partial charge in [-0.3, -0.25) is 4.79 Å². The molecular weight excluding hydrogens is 194 g/mol. The van der Waals surface area contributed by atoms with Gasteiger partial charge in [-0.25, -0.2) is 4.72 Å². The van der Waals surface area contributed by atoms with Gasteiger partial charge < -0.3 is 5.11 Å². The Morgan fingerprint density at radius 3 is 2.67 bits per heavy atom. The van der Waals surface area contributed by atoms with Gasteiger partial charge in [0.2, 0.25) is 0 Å². The Labute approximate surface area is 82.8 Å². The van der Waals surface area contributed by atoms with Gasteiger partial charge in [0.1, 0.15) is 6.04 Å². The van der Waals surface area contributed by atoms with Crippen LogP contribution in [0.25, 0.3) is 0 Å². The van der Waals surface area contributed by atoms with Crippen molar-refractivity contribution in [1.82, 2.24) is 4.72 Å². The molecule has 0 radical (unpaired) electrons. The number of nitrogens with one attached hydrogen (secondary N) is 1. The summed E-state index contributed by atoms with van der Waals surface area (Å²) in [6.07, 6.45) is 1.02. The van der Waals surface area contributed by atoms with E-state index in [9.17, 15) is 4.79 Å². The van der Waals surface area contributed by atoms with Crippen LogP contribution >= 0.6 is 24.6 Å². The van der Waals surface area contributed by atoms with Crippen LogP contribution in [0.1, 0.15) is 20.3 Å². The van der Waals surface area contributed by atoms with E-state index in [2.05, 4.69) is 31.2 Å². The van der Waals surface area contributed by atoms with Crippen LogP contribution in [0, 0.1) is 0 Å². The molecule has 0 aromatic rings. The van der Waals surface area contributed by atoms with Gasteiger partial charge in [0, 0.05) is 11.0 Å². The SMILES string of the molecule is CCC(C)SNC(CS)C(=O)O. The van der Waals surface area contributed by atoms with Gasteiger partial charge in [-0.05, 0) is 6.42 Å². The third-order valence-corrected chi connectivity index (χ3v) is 2.99. The molecule has 72 valence electrons. The fraction of sp³-hybridized carbons (Fsp3) is 0.857. The molecule has 0 fully saturated rings. The molecule has 2 N–H and O–H groups in total. The first-order valence-electron chi connectivity index (χ1n) is 3.86. The molecule has 0 aromatic heterocycles. The van der Waals surface area contributed by atoms with E-state index in [-0.39, 0.29) is 0 Å². The van der Waals surface area contributed by atoms with Crippen molar-refractivity contribution in [2.75, 3.05) is 5.75 Å². The highest BCUT2D eigenvalue weighted by Gasteiger charge is 2.15. The predicted molar refractivity (Wildman–Crippen MR) is 55.8 cm³/mol. The number of carboxylic acid groups (broad SMARTS) is 1. The summed E-state index contributed by atoms with van der Waals surface area (Å²) in [7, 11) is 0. The smallest absolute Gasteiger partial charge is 0.322 e.